The third-order valence-corrected chi connectivity index (χ3v) is 5.23. The van der Waals surface area contributed by atoms with Crippen LogP contribution in [0.25, 0.3) is 0 Å². The number of ether oxygens (including phenoxy) is 1. The molecule has 7 heteroatoms. The van der Waals surface area contributed by atoms with Gasteiger partial charge >= 0.3 is 0 Å². The topological polar surface area (TPSA) is 52.8 Å². The van der Waals surface area contributed by atoms with Crippen LogP contribution in [0.4, 0.5) is 0 Å². The number of imidazole rings is 1. The Labute approximate surface area is 133 Å². The molecule has 1 aliphatic carbocycles. The van der Waals surface area contributed by atoms with E-state index < -0.39 is 0 Å². The molecule has 0 aliphatic heterocycles. The highest BCUT2D eigenvalue weighted by molar-refractivity contribution is 8.00. The molecule has 1 fully saturated rings. The second-order valence-electron chi connectivity index (χ2n) is 5.54. The molecule has 0 amide bonds. The van der Waals surface area contributed by atoms with Gasteiger partial charge in [-0.3, -0.25) is 0 Å². The molecule has 0 saturated heterocycles. The highest BCUT2D eigenvalue weighted by Gasteiger charge is 2.29. The molecule has 0 radical (unpaired) electrons. The molecule has 0 N–H and O–H groups in total. The molecular formula is C14H20N4OS2. The minimum atomic E-state index is 0.499. The molecule has 0 aromatic carbocycles. The Morgan fingerprint density at radius 3 is 2.95 bits per heavy atom. The summed E-state index contributed by atoms with van der Waals surface area (Å²) >= 11 is 3.08. The van der Waals surface area contributed by atoms with Gasteiger partial charge in [0.05, 0.1) is 6.61 Å². The van der Waals surface area contributed by atoms with Gasteiger partial charge in [-0.1, -0.05) is 13.8 Å². The van der Waals surface area contributed by atoms with Crippen molar-refractivity contribution in [2.45, 2.75) is 54.6 Å². The van der Waals surface area contributed by atoms with Gasteiger partial charge in [-0.15, -0.1) is 0 Å². The summed E-state index contributed by atoms with van der Waals surface area (Å²) in [6, 6.07) is 0.633. The van der Waals surface area contributed by atoms with Crippen LogP contribution in [0.2, 0.25) is 0 Å². The van der Waals surface area contributed by atoms with Crippen LogP contribution in [0.3, 0.4) is 0 Å². The molecule has 21 heavy (non-hydrogen) atoms. The Kier molecular flexibility index (Phi) is 4.61. The molecule has 2 aromatic heterocycles. The zero-order chi connectivity index (χ0) is 14.8. The van der Waals surface area contributed by atoms with Crippen molar-refractivity contribution in [3.63, 3.8) is 0 Å². The number of hydrogen-bond donors (Lipinski definition) is 0. The highest BCUT2D eigenvalue weighted by Crippen LogP contribution is 2.42. The molecule has 1 aliphatic rings. The third-order valence-electron chi connectivity index (χ3n) is 3.45. The molecular weight excluding hydrogens is 304 g/mol. The number of rotatable bonds is 7. The van der Waals surface area contributed by atoms with Crippen molar-refractivity contribution >= 4 is 23.3 Å². The van der Waals surface area contributed by atoms with Crippen LogP contribution >= 0.6 is 23.3 Å². The van der Waals surface area contributed by atoms with Gasteiger partial charge in [0.1, 0.15) is 5.82 Å². The second kappa shape index (κ2) is 6.46. The van der Waals surface area contributed by atoms with Gasteiger partial charge in [0, 0.05) is 31.5 Å². The van der Waals surface area contributed by atoms with E-state index in [9.17, 15) is 0 Å². The van der Waals surface area contributed by atoms with E-state index in [0.29, 0.717) is 18.6 Å². The predicted molar refractivity (Wildman–Crippen MR) is 84.2 cm³/mol. The Morgan fingerprint density at radius 2 is 2.29 bits per heavy atom. The van der Waals surface area contributed by atoms with Crippen LogP contribution in [-0.4, -0.2) is 32.6 Å². The molecule has 0 bridgehead atoms. The summed E-state index contributed by atoms with van der Waals surface area (Å²) in [4.78, 5) is 9.16. The van der Waals surface area contributed by atoms with Gasteiger partial charge in [0.15, 0.2) is 9.50 Å². The smallest absolute Gasteiger partial charge is 0.177 e. The standard InChI is InChI=1S/C14H20N4OS2/c1-9(2)11-8-15-13(18(11)10-4-5-10)20-14-16-12(17-21-14)6-7-19-3/h8-10H,4-7H2,1-3H3. The summed E-state index contributed by atoms with van der Waals surface area (Å²) in [5.74, 6) is 1.36. The van der Waals surface area contributed by atoms with E-state index in [-0.39, 0.29) is 0 Å². The first-order valence-corrected chi connectivity index (χ1v) is 8.84. The molecule has 3 rings (SSSR count). The minimum absolute atomic E-state index is 0.499. The monoisotopic (exact) mass is 324 g/mol. The fourth-order valence-corrected chi connectivity index (χ4v) is 3.92. The van der Waals surface area contributed by atoms with Crippen LogP contribution in [0.1, 0.15) is 50.2 Å². The van der Waals surface area contributed by atoms with Gasteiger partial charge in [0.25, 0.3) is 0 Å². The highest BCUT2D eigenvalue weighted by atomic mass is 32.2. The fourth-order valence-electron chi connectivity index (χ4n) is 2.21. The summed E-state index contributed by atoms with van der Waals surface area (Å²) in [6.45, 7) is 5.10. The van der Waals surface area contributed by atoms with Gasteiger partial charge < -0.3 is 9.30 Å². The van der Waals surface area contributed by atoms with Crippen LogP contribution in [-0.2, 0) is 11.2 Å². The van der Waals surface area contributed by atoms with Crippen molar-refractivity contribution in [3.8, 4) is 0 Å². The van der Waals surface area contributed by atoms with Crippen molar-refractivity contribution in [2.24, 2.45) is 0 Å². The van der Waals surface area contributed by atoms with E-state index in [4.69, 9.17) is 4.74 Å². The Hall–Kier alpha value is -0.920. The van der Waals surface area contributed by atoms with E-state index in [1.165, 1.54) is 30.1 Å². The maximum Gasteiger partial charge on any atom is 0.177 e. The lowest BCUT2D eigenvalue weighted by atomic mass is 10.1. The van der Waals surface area contributed by atoms with Crippen LogP contribution in [0.5, 0.6) is 0 Å². The first kappa shape index (κ1) is 15.0. The van der Waals surface area contributed by atoms with E-state index in [1.54, 1.807) is 18.9 Å². The first-order valence-electron chi connectivity index (χ1n) is 7.25. The second-order valence-corrected chi connectivity index (χ2v) is 7.51. The zero-order valence-corrected chi connectivity index (χ0v) is 14.2. The third kappa shape index (κ3) is 3.46. The van der Waals surface area contributed by atoms with E-state index in [2.05, 4.69) is 32.8 Å². The summed E-state index contributed by atoms with van der Waals surface area (Å²) in [5, 5.41) is 1.05. The van der Waals surface area contributed by atoms with Gasteiger partial charge in [-0.25, -0.2) is 9.97 Å². The largest absolute Gasteiger partial charge is 0.384 e. The average molecular weight is 324 g/mol. The zero-order valence-electron chi connectivity index (χ0n) is 12.6. The summed E-state index contributed by atoms with van der Waals surface area (Å²) in [7, 11) is 1.70. The fraction of sp³-hybridized carbons (Fsp3) is 0.643. The lowest BCUT2D eigenvalue weighted by Gasteiger charge is -2.11. The normalized spacial score (nSPS) is 15.0. The van der Waals surface area contributed by atoms with E-state index >= 15 is 0 Å². The van der Waals surface area contributed by atoms with E-state index in [0.717, 1.165) is 21.7 Å². The molecule has 1 saturated carbocycles. The lowest BCUT2D eigenvalue weighted by molar-refractivity contribution is 0.200. The van der Waals surface area contributed by atoms with Crippen LogP contribution in [0, 0.1) is 0 Å². The molecule has 114 valence electrons. The average Bonchev–Trinajstić information content (AvgIpc) is 3.05. The number of hydrogen-bond acceptors (Lipinski definition) is 6. The van der Waals surface area contributed by atoms with Crippen LogP contribution in [0.15, 0.2) is 15.7 Å². The molecule has 2 aromatic rings. The summed E-state index contributed by atoms with van der Waals surface area (Å²) in [5.41, 5.74) is 1.32. The molecule has 5 nitrogen and oxygen atoms in total. The predicted octanol–water partition coefficient (Wildman–Crippen LogP) is 3.53. The summed E-state index contributed by atoms with van der Waals surface area (Å²) < 4.78 is 12.8. The lowest BCUT2D eigenvalue weighted by Crippen LogP contribution is -2.03. The maximum absolute atomic E-state index is 5.06. The van der Waals surface area contributed by atoms with Gasteiger partial charge in [-0.2, -0.15) is 4.37 Å². The Bertz CT molecular complexity index is 604. The number of methoxy groups -OCH3 is 1. The molecule has 0 spiro atoms. The van der Waals surface area contributed by atoms with Crippen molar-refractivity contribution < 1.29 is 4.74 Å². The van der Waals surface area contributed by atoms with Gasteiger partial charge in [0.2, 0.25) is 0 Å². The van der Waals surface area contributed by atoms with E-state index in [1.807, 2.05) is 6.20 Å². The first-order chi connectivity index (χ1) is 10.2. The van der Waals surface area contributed by atoms with Crippen molar-refractivity contribution in [1.82, 2.24) is 18.9 Å². The molecule has 2 heterocycles. The maximum atomic E-state index is 5.06. The van der Waals surface area contributed by atoms with Crippen LogP contribution < -0.4 is 0 Å². The van der Waals surface area contributed by atoms with Crippen molar-refractivity contribution in [3.05, 3.63) is 17.7 Å². The van der Waals surface area contributed by atoms with Crippen molar-refractivity contribution in [1.29, 1.82) is 0 Å². The summed E-state index contributed by atoms with van der Waals surface area (Å²) in [6.07, 6.45) is 5.30. The van der Waals surface area contributed by atoms with Crippen molar-refractivity contribution in [2.75, 3.05) is 13.7 Å². The number of aromatic nitrogens is 4. The Morgan fingerprint density at radius 1 is 1.48 bits per heavy atom. The Balaban J connectivity index is 1.77. The van der Waals surface area contributed by atoms with Gasteiger partial charge in [-0.05, 0) is 42.1 Å². The molecule has 0 atom stereocenters. The quantitative estimate of drug-likeness (QED) is 0.780. The SMILES string of the molecule is COCCc1nsc(Sc2ncc(C(C)C)n2C2CC2)n1. The number of nitrogens with zero attached hydrogens (tertiary/aromatic N) is 4. The minimum Gasteiger partial charge on any atom is -0.384 e. The molecule has 0 unspecified atom stereocenters.